The number of halogens is 2. The molecule has 1 aliphatic heterocycles. The molecule has 1 unspecified atom stereocenters. The molecule has 1 fully saturated rings. The van der Waals surface area contributed by atoms with E-state index in [1.165, 1.54) is 12.0 Å². The van der Waals surface area contributed by atoms with Gasteiger partial charge in [0.1, 0.15) is 0 Å². The number of likely N-dealkylation sites (tertiary alicyclic amines) is 1. The number of nitrogens with zero attached hydrogens (tertiary/aromatic N) is 1. The number of hydrogen-bond acceptors (Lipinski definition) is 2. The summed E-state index contributed by atoms with van der Waals surface area (Å²) in [6.07, 6.45) is 3.42. The molecule has 2 rings (SSSR count). The minimum Gasteiger partial charge on any atom is -0.481 e. The number of piperidine rings is 1. The van der Waals surface area contributed by atoms with E-state index < -0.39 is 5.97 Å². The first-order valence-corrected chi connectivity index (χ1v) is 8.51. The van der Waals surface area contributed by atoms with E-state index in [0.29, 0.717) is 12.3 Å². The summed E-state index contributed by atoms with van der Waals surface area (Å²) in [5.74, 6) is -0.155. The number of rotatable bonds is 5. The van der Waals surface area contributed by atoms with Gasteiger partial charge >= 0.3 is 5.97 Å². The average Bonchev–Trinajstić information content (AvgIpc) is 2.41. The summed E-state index contributed by atoms with van der Waals surface area (Å²) >= 11 is 7.01. The third-order valence-corrected chi connectivity index (χ3v) is 5.64. The van der Waals surface area contributed by atoms with Crippen molar-refractivity contribution in [2.75, 3.05) is 13.1 Å². The molecule has 1 saturated heterocycles. The molecule has 1 atom stereocenters. The first-order chi connectivity index (χ1) is 9.54. The molecular weight excluding hydrogens is 386 g/mol. The predicted octanol–water partition coefficient (Wildman–Crippen LogP) is 4.29. The monoisotopic (exact) mass is 403 g/mol. The van der Waals surface area contributed by atoms with E-state index >= 15 is 0 Å². The van der Waals surface area contributed by atoms with Crippen LogP contribution >= 0.6 is 31.9 Å². The maximum atomic E-state index is 10.7. The van der Waals surface area contributed by atoms with Crippen molar-refractivity contribution in [3.8, 4) is 0 Å². The van der Waals surface area contributed by atoms with Crippen LogP contribution in [0.4, 0.5) is 0 Å². The molecule has 0 bridgehead atoms. The second kappa shape index (κ2) is 7.57. The molecule has 3 nitrogen and oxygen atoms in total. The van der Waals surface area contributed by atoms with Gasteiger partial charge in [0.25, 0.3) is 0 Å². The highest BCUT2D eigenvalue weighted by Gasteiger charge is 2.20. The maximum Gasteiger partial charge on any atom is 0.303 e. The van der Waals surface area contributed by atoms with Crippen molar-refractivity contribution >= 4 is 37.8 Å². The number of aliphatic carboxylic acids is 1. The van der Waals surface area contributed by atoms with Crippen LogP contribution in [0.25, 0.3) is 0 Å². The highest BCUT2D eigenvalue weighted by Crippen LogP contribution is 2.26. The first-order valence-electron chi connectivity index (χ1n) is 6.92. The van der Waals surface area contributed by atoms with Gasteiger partial charge in [-0.05, 0) is 81.3 Å². The molecule has 1 N–H and O–H groups in total. The van der Waals surface area contributed by atoms with E-state index in [1.54, 1.807) is 0 Å². The van der Waals surface area contributed by atoms with Gasteiger partial charge < -0.3 is 5.11 Å². The molecule has 0 aliphatic carbocycles. The number of carbonyl (C=O) groups is 1. The lowest BCUT2D eigenvalue weighted by Gasteiger charge is -2.32. The van der Waals surface area contributed by atoms with Crippen molar-refractivity contribution < 1.29 is 9.90 Å². The zero-order valence-electron chi connectivity index (χ0n) is 11.3. The van der Waals surface area contributed by atoms with Crippen LogP contribution < -0.4 is 0 Å². The highest BCUT2D eigenvalue weighted by molar-refractivity contribution is 9.13. The van der Waals surface area contributed by atoms with E-state index in [0.717, 1.165) is 41.4 Å². The summed E-state index contributed by atoms with van der Waals surface area (Å²) in [5.41, 5.74) is 1.29. The molecule has 0 amide bonds. The van der Waals surface area contributed by atoms with E-state index in [2.05, 4.69) is 55.0 Å². The minimum atomic E-state index is -0.682. The fourth-order valence-corrected chi connectivity index (χ4v) is 3.43. The fraction of sp³-hybridized carbons (Fsp3) is 0.533. The number of carboxylic acids is 1. The topological polar surface area (TPSA) is 40.5 Å². The molecule has 20 heavy (non-hydrogen) atoms. The minimum absolute atomic E-state index is 0.294. The smallest absolute Gasteiger partial charge is 0.303 e. The summed E-state index contributed by atoms with van der Waals surface area (Å²) in [6.45, 7) is 3.06. The molecule has 0 radical (unpaired) electrons. The Morgan fingerprint density at radius 2 is 2.15 bits per heavy atom. The Morgan fingerprint density at radius 3 is 2.85 bits per heavy atom. The summed E-state index contributed by atoms with van der Waals surface area (Å²) in [6, 6.07) is 6.34. The van der Waals surface area contributed by atoms with Gasteiger partial charge in [0.05, 0.1) is 0 Å². The van der Waals surface area contributed by atoms with Crippen LogP contribution in [0.15, 0.2) is 27.1 Å². The van der Waals surface area contributed by atoms with Gasteiger partial charge in [0, 0.05) is 28.5 Å². The molecular formula is C15H19Br2NO2. The molecule has 0 aromatic heterocycles. The molecule has 1 aromatic rings. The Balaban J connectivity index is 1.88. The lowest BCUT2D eigenvalue weighted by Crippen LogP contribution is -2.35. The molecule has 5 heteroatoms. The molecule has 1 heterocycles. The van der Waals surface area contributed by atoms with Gasteiger partial charge in [0.2, 0.25) is 0 Å². The second-order valence-corrected chi connectivity index (χ2v) is 7.13. The number of benzene rings is 1. The Bertz CT molecular complexity index is 479. The van der Waals surface area contributed by atoms with Crippen molar-refractivity contribution in [3.05, 3.63) is 32.7 Å². The maximum absolute atomic E-state index is 10.7. The van der Waals surface area contributed by atoms with Crippen LogP contribution in [0.5, 0.6) is 0 Å². The van der Waals surface area contributed by atoms with Gasteiger partial charge in [0.15, 0.2) is 0 Å². The van der Waals surface area contributed by atoms with Crippen molar-refractivity contribution in [2.24, 2.45) is 5.92 Å². The zero-order valence-corrected chi connectivity index (χ0v) is 14.5. The van der Waals surface area contributed by atoms with Crippen molar-refractivity contribution in [1.29, 1.82) is 0 Å². The third-order valence-electron chi connectivity index (χ3n) is 3.76. The van der Waals surface area contributed by atoms with E-state index in [4.69, 9.17) is 5.11 Å². The van der Waals surface area contributed by atoms with Gasteiger partial charge in [-0.25, -0.2) is 0 Å². The van der Waals surface area contributed by atoms with Crippen LogP contribution in [-0.4, -0.2) is 29.1 Å². The van der Waals surface area contributed by atoms with Gasteiger partial charge in [-0.3, -0.25) is 9.69 Å². The molecule has 110 valence electrons. The zero-order chi connectivity index (χ0) is 14.5. The highest BCUT2D eigenvalue weighted by atomic mass is 79.9. The van der Waals surface area contributed by atoms with E-state index in [9.17, 15) is 4.79 Å². The SMILES string of the molecule is O=C(O)CCC1CCCN(Cc2ccc(Br)c(Br)c2)C1. The number of carboxylic acid groups (broad SMARTS) is 1. The number of hydrogen-bond donors (Lipinski definition) is 1. The quantitative estimate of drug-likeness (QED) is 0.795. The Labute approximate surface area is 136 Å². The molecule has 1 aromatic carbocycles. The normalized spacial score (nSPS) is 20.0. The summed E-state index contributed by atoms with van der Waals surface area (Å²) < 4.78 is 2.15. The van der Waals surface area contributed by atoms with Crippen molar-refractivity contribution in [1.82, 2.24) is 4.90 Å². The lowest BCUT2D eigenvalue weighted by molar-refractivity contribution is -0.137. The summed E-state index contributed by atoms with van der Waals surface area (Å²) in [4.78, 5) is 13.1. The van der Waals surface area contributed by atoms with Crippen molar-refractivity contribution in [3.63, 3.8) is 0 Å². The molecule has 1 aliphatic rings. The van der Waals surface area contributed by atoms with Gasteiger partial charge in [-0.15, -0.1) is 0 Å². The largest absolute Gasteiger partial charge is 0.481 e. The Kier molecular flexibility index (Phi) is 6.05. The summed E-state index contributed by atoms with van der Waals surface area (Å²) in [7, 11) is 0. The van der Waals surface area contributed by atoms with Crippen molar-refractivity contribution in [2.45, 2.75) is 32.2 Å². The Morgan fingerprint density at radius 1 is 1.35 bits per heavy atom. The molecule has 0 spiro atoms. The van der Waals surface area contributed by atoms with Gasteiger partial charge in [-0.1, -0.05) is 6.07 Å². The average molecular weight is 405 g/mol. The van der Waals surface area contributed by atoms with E-state index in [-0.39, 0.29) is 0 Å². The first kappa shape index (κ1) is 16.0. The predicted molar refractivity (Wildman–Crippen MR) is 86.7 cm³/mol. The Hall–Kier alpha value is -0.390. The molecule has 0 saturated carbocycles. The summed E-state index contributed by atoms with van der Waals surface area (Å²) in [5, 5.41) is 8.78. The third kappa shape index (κ3) is 4.86. The van der Waals surface area contributed by atoms with Crippen LogP contribution in [0, 0.1) is 5.92 Å². The lowest BCUT2D eigenvalue weighted by atomic mass is 9.93. The van der Waals surface area contributed by atoms with E-state index in [1.807, 2.05) is 0 Å². The van der Waals surface area contributed by atoms with Crippen LogP contribution in [0.1, 0.15) is 31.2 Å². The van der Waals surface area contributed by atoms with Crippen LogP contribution in [0.3, 0.4) is 0 Å². The van der Waals surface area contributed by atoms with Crippen LogP contribution in [-0.2, 0) is 11.3 Å². The standard InChI is InChI=1S/C15H19Br2NO2/c16-13-5-3-12(8-14(13)17)10-18-7-1-2-11(9-18)4-6-15(19)20/h3,5,8,11H,1-2,4,6-7,9-10H2,(H,19,20). The van der Waals surface area contributed by atoms with Crippen LogP contribution in [0.2, 0.25) is 0 Å². The van der Waals surface area contributed by atoms with Gasteiger partial charge in [-0.2, -0.15) is 0 Å². The second-order valence-electron chi connectivity index (χ2n) is 5.42. The fourth-order valence-electron chi connectivity index (χ4n) is 2.75.